The normalized spacial score (nSPS) is 25.6. The van der Waals surface area contributed by atoms with Gasteiger partial charge in [0.25, 0.3) is 0 Å². The van der Waals surface area contributed by atoms with Crippen LogP contribution in [0.2, 0.25) is 0 Å². The number of rotatable bonds is 5. The fourth-order valence-electron chi connectivity index (χ4n) is 2.96. The molecular weight excluding hydrogens is 277 g/mol. The molecular formula is C16H31F3N2. The molecule has 1 heterocycles. The van der Waals surface area contributed by atoms with Gasteiger partial charge in [-0.25, -0.2) is 0 Å². The lowest BCUT2D eigenvalue weighted by atomic mass is 9.83. The van der Waals surface area contributed by atoms with E-state index in [0.29, 0.717) is 24.4 Å². The molecule has 2 atom stereocenters. The zero-order valence-corrected chi connectivity index (χ0v) is 14.1. The minimum absolute atomic E-state index is 0.173. The lowest BCUT2D eigenvalue weighted by Crippen LogP contribution is -2.61. The highest BCUT2D eigenvalue weighted by molar-refractivity contribution is 4.92. The predicted molar refractivity (Wildman–Crippen MR) is 81.4 cm³/mol. The topological polar surface area (TPSA) is 15.3 Å². The Morgan fingerprint density at radius 1 is 1.14 bits per heavy atom. The summed E-state index contributed by atoms with van der Waals surface area (Å²) in [6.45, 7) is 13.6. The van der Waals surface area contributed by atoms with E-state index in [1.807, 2.05) is 0 Å². The molecule has 126 valence electrons. The second kappa shape index (κ2) is 7.32. The summed E-state index contributed by atoms with van der Waals surface area (Å²) in [5, 5.41) is 3.61. The standard InChI is InChI=1S/C16H31F3N2/c1-12(2)13-10-20-14(15(3,4)5)11-21(13)9-7-6-8-16(17,18)19/h12-14,20H,6-11H2,1-5H3. The van der Waals surface area contributed by atoms with Crippen LogP contribution in [0.5, 0.6) is 0 Å². The average molecular weight is 308 g/mol. The molecule has 0 aliphatic carbocycles. The second-order valence-corrected chi connectivity index (χ2v) is 7.71. The van der Waals surface area contributed by atoms with Gasteiger partial charge in [-0.1, -0.05) is 34.6 Å². The molecule has 0 aromatic carbocycles. The Morgan fingerprint density at radius 2 is 1.76 bits per heavy atom. The number of hydrogen-bond donors (Lipinski definition) is 1. The summed E-state index contributed by atoms with van der Waals surface area (Å²) in [7, 11) is 0. The van der Waals surface area contributed by atoms with Crippen molar-refractivity contribution in [2.45, 2.75) is 72.1 Å². The number of unbranched alkanes of at least 4 members (excludes halogenated alkanes) is 1. The fourth-order valence-corrected chi connectivity index (χ4v) is 2.96. The number of hydrogen-bond acceptors (Lipinski definition) is 2. The van der Waals surface area contributed by atoms with E-state index in [1.54, 1.807) is 0 Å². The number of nitrogens with one attached hydrogen (secondary N) is 1. The Morgan fingerprint density at radius 3 is 2.24 bits per heavy atom. The summed E-state index contributed by atoms with van der Waals surface area (Å²) in [6.07, 6.45) is -3.82. The van der Waals surface area contributed by atoms with Gasteiger partial charge in [-0.2, -0.15) is 13.2 Å². The van der Waals surface area contributed by atoms with Crippen LogP contribution in [0.4, 0.5) is 13.2 Å². The van der Waals surface area contributed by atoms with Gasteiger partial charge in [0.05, 0.1) is 0 Å². The monoisotopic (exact) mass is 308 g/mol. The van der Waals surface area contributed by atoms with Crippen molar-refractivity contribution in [2.75, 3.05) is 19.6 Å². The first kappa shape index (κ1) is 18.8. The first-order valence-electron chi connectivity index (χ1n) is 8.05. The molecule has 1 rings (SSSR count). The van der Waals surface area contributed by atoms with Crippen LogP contribution in [0.3, 0.4) is 0 Å². The third kappa shape index (κ3) is 6.55. The lowest BCUT2D eigenvalue weighted by molar-refractivity contribution is -0.135. The number of nitrogens with zero attached hydrogens (tertiary/aromatic N) is 1. The molecule has 21 heavy (non-hydrogen) atoms. The van der Waals surface area contributed by atoms with E-state index in [-0.39, 0.29) is 11.8 Å². The van der Waals surface area contributed by atoms with Gasteiger partial charge in [0, 0.05) is 31.6 Å². The second-order valence-electron chi connectivity index (χ2n) is 7.71. The van der Waals surface area contributed by atoms with Crippen molar-refractivity contribution in [3.8, 4) is 0 Å². The van der Waals surface area contributed by atoms with Crippen molar-refractivity contribution in [3.05, 3.63) is 0 Å². The smallest absolute Gasteiger partial charge is 0.311 e. The predicted octanol–water partition coefficient (Wildman–Crippen LogP) is 4.06. The Labute approximate surface area is 127 Å². The SMILES string of the molecule is CC(C)C1CNC(C(C)(C)C)CN1CCCCC(F)(F)F. The number of piperazine rings is 1. The molecule has 1 fully saturated rings. The largest absolute Gasteiger partial charge is 0.389 e. The Kier molecular flexibility index (Phi) is 6.54. The molecule has 1 N–H and O–H groups in total. The molecule has 0 bridgehead atoms. The zero-order valence-electron chi connectivity index (χ0n) is 14.1. The molecule has 0 aromatic rings. The molecule has 0 spiro atoms. The van der Waals surface area contributed by atoms with Crippen molar-refractivity contribution < 1.29 is 13.2 Å². The molecule has 0 amide bonds. The Balaban J connectivity index is 2.52. The Bertz CT molecular complexity index is 308. The van der Waals surface area contributed by atoms with Crippen molar-refractivity contribution in [2.24, 2.45) is 11.3 Å². The summed E-state index contributed by atoms with van der Waals surface area (Å²) < 4.78 is 36.7. The summed E-state index contributed by atoms with van der Waals surface area (Å²) in [5.41, 5.74) is 0.173. The van der Waals surface area contributed by atoms with E-state index < -0.39 is 12.6 Å². The minimum Gasteiger partial charge on any atom is -0.311 e. The molecule has 1 aliphatic heterocycles. The van der Waals surface area contributed by atoms with Crippen molar-refractivity contribution in [1.29, 1.82) is 0 Å². The first-order valence-corrected chi connectivity index (χ1v) is 8.05. The van der Waals surface area contributed by atoms with E-state index >= 15 is 0 Å². The summed E-state index contributed by atoms with van der Waals surface area (Å²) in [5.74, 6) is 0.515. The fraction of sp³-hybridized carbons (Fsp3) is 1.00. The van der Waals surface area contributed by atoms with Crippen molar-refractivity contribution in [3.63, 3.8) is 0 Å². The molecule has 0 radical (unpaired) electrons. The first-order chi connectivity index (χ1) is 9.50. The van der Waals surface area contributed by atoms with E-state index in [4.69, 9.17) is 0 Å². The van der Waals surface area contributed by atoms with Crippen LogP contribution in [-0.4, -0.2) is 42.8 Å². The third-order valence-electron chi connectivity index (χ3n) is 4.43. The summed E-state index contributed by atoms with van der Waals surface area (Å²) in [4.78, 5) is 2.40. The maximum Gasteiger partial charge on any atom is 0.389 e. The summed E-state index contributed by atoms with van der Waals surface area (Å²) in [6, 6.07) is 0.824. The van der Waals surface area contributed by atoms with Crippen LogP contribution in [0.25, 0.3) is 0 Å². The van der Waals surface area contributed by atoms with Gasteiger partial charge in [-0.3, -0.25) is 4.90 Å². The lowest BCUT2D eigenvalue weighted by Gasteiger charge is -2.46. The summed E-state index contributed by atoms with van der Waals surface area (Å²) >= 11 is 0. The van der Waals surface area contributed by atoms with Crippen LogP contribution in [-0.2, 0) is 0 Å². The molecule has 2 nitrogen and oxygen atoms in total. The minimum atomic E-state index is -4.02. The average Bonchev–Trinajstić information content (AvgIpc) is 2.32. The quantitative estimate of drug-likeness (QED) is 0.770. The van der Waals surface area contributed by atoms with Gasteiger partial charge < -0.3 is 5.32 Å². The highest BCUT2D eigenvalue weighted by Crippen LogP contribution is 2.27. The van der Waals surface area contributed by atoms with Crippen LogP contribution in [0.1, 0.15) is 53.9 Å². The van der Waals surface area contributed by atoms with E-state index in [2.05, 4.69) is 44.8 Å². The third-order valence-corrected chi connectivity index (χ3v) is 4.43. The zero-order chi connectivity index (χ0) is 16.3. The van der Waals surface area contributed by atoms with Gasteiger partial charge in [0.15, 0.2) is 0 Å². The van der Waals surface area contributed by atoms with E-state index in [9.17, 15) is 13.2 Å². The number of alkyl halides is 3. The van der Waals surface area contributed by atoms with E-state index in [1.165, 1.54) is 0 Å². The van der Waals surface area contributed by atoms with Gasteiger partial charge in [-0.05, 0) is 30.7 Å². The van der Waals surface area contributed by atoms with E-state index in [0.717, 1.165) is 19.6 Å². The highest BCUT2D eigenvalue weighted by Gasteiger charge is 2.35. The molecule has 1 aliphatic rings. The molecule has 2 unspecified atom stereocenters. The van der Waals surface area contributed by atoms with Crippen LogP contribution in [0.15, 0.2) is 0 Å². The molecule has 1 saturated heterocycles. The van der Waals surface area contributed by atoms with Crippen LogP contribution < -0.4 is 5.32 Å². The Hall–Kier alpha value is -0.290. The van der Waals surface area contributed by atoms with Crippen LogP contribution in [0, 0.1) is 11.3 Å². The van der Waals surface area contributed by atoms with Crippen LogP contribution >= 0.6 is 0 Å². The van der Waals surface area contributed by atoms with Crippen molar-refractivity contribution in [1.82, 2.24) is 10.2 Å². The maximum absolute atomic E-state index is 12.2. The molecule has 5 heteroatoms. The van der Waals surface area contributed by atoms with Gasteiger partial charge >= 0.3 is 6.18 Å². The molecule has 0 aromatic heterocycles. The highest BCUT2D eigenvalue weighted by atomic mass is 19.4. The van der Waals surface area contributed by atoms with Gasteiger partial charge in [0.1, 0.15) is 0 Å². The molecule has 0 saturated carbocycles. The number of halogens is 3. The maximum atomic E-state index is 12.2. The van der Waals surface area contributed by atoms with Gasteiger partial charge in [0.2, 0.25) is 0 Å². The van der Waals surface area contributed by atoms with Gasteiger partial charge in [-0.15, -0.1) is 0 Å². The van der Waals surface area contributed by atoms with Crippen molar-refractivity contribution >= 4 is 0 Å².